The lowest BCUT2D eigenvalue weighted by Crippen LogP contribution is -2.50. The molecule has 1 saturated heterocycles. The van der Waals surface area contributed by atoms with E-state index in [1.165, 1.54) is 4.90 Å². The number of nitrogens with two attached hydrogens (primary N) is 1. The average molecular weight is 345 g/mol. The van der Waals surface area contributed by atoms with Gasteiger partial charge in [-0.15, -0.1) is 0 Å². The van der Waals surface area contributed by atoms with Crippen LogP contribution in [0.4, 0.5) is 0 Å². The first-order chi connectivity index (χ1) is 10.4. The van der Waals surface area contributed by atoms with E-state index in [4.69, 9.17) is 28.9 Å². The highest BCUT2D eigenvalue weighted by atomic mass is 35.5. The summed E-state index contributed by atoms with van der Waals surface area (Å²) in [6.45, 7) is 0.482. The summed E-state index contributed by atoms with van der Waals surface area (Å²) in [7, 11) is 0. The normalized spacial score (nSPS) is 19.8. The lowest BCUT2D eigenvalue weighted by molar-refractivity contribution is -0.142. The Morgan fingerprint density at radius 2 is 1.91 bits per heavy atom. The Morgan fingerprint density at radius 3 is 2.50 bits per heavy atom. The van der Waals surface area contributed by atoms with Crippen LogP contribution < -0.4 is 5.73 Å². The third kappa shape index (κ3) is 4.12. The fourth-order valence-corrected chi connectivity index (χ4v) is 3.24. The number of aliphatic hydroxyl groups is 1. The molecule has 2 atom stereocenters. The first-order valence-electron chi connectivity index (χ1n) is 7.11. The minimum Gasteiger partial charge on any atom is -0.388 e. The van der Waals surface area contributed by atoms with Crippen LogP contribution in [0.3, 0.4) is 0 Å². The summed E-state index contributed by atoms with van der Waals surface area (Å²) in [5.74, 6) is -0.805. The van der Waals surface area contributed by atoms with Gasteiger partial charge in [-0.05, 0) is 43.0 Å². The van der Waals surface area contributed by atoms with Gasteiger partial charge in [0.15, 0.2) is 0 Å². The lowest BCUT2D eigenvalue weighted by atomic mass is 9.99. The molecule has 1 heterocycles. The fourth-order valence-electron chi connectivity index (χ4n) is 2.69. The largest absolute Gasteiger partial charge is 0.388 e. The summed E-state index contributed by atoms with van der Waals surface area (Å²) in [6, 6.07) is 4.09. The molecule has 22 heavy (non-hydrogen) atoms. The molecule has 0 aromatic heterocycles. The monoisotopic (exact) mass is 344 g/mol. The smallest absolute Gasteiger partial charge is 0.240 e. The predicted molar refractivity (Wildman–Crippen MR) is 84.6 cm³/mol. The van der Waals surface area contributed by atoms with Gasteiger partial charge in [-0.25, -0.2) is 0 Å². The highest BCUT2D eigenvalue weighted by Crippen LogP contribution is 2.27. The van der Waals surface area contributed by atoms with Gasteiger partial charge in [0.1, 0.15) is 6.04 Å². The molecule has 1 fully saturated rings. The Labute approximate surface area is 139 Å². The molecular weight excluding hydrogens is 327 g/mol. The van der Waals surface area contributed by atoms with Crippen LogP contribution in [-0.2, 0) is 9.59 Å². The van der Waals surface area contributed by atoms with Crippen molar-refractivity contribution in [2.24, 2.45) is 5.73 Å². The number of likely N-dealkylation sites (tertiary alicyclic amines) is 1. The van der Waals surface area contributed by atoms with E-state index in [-0.39, 0.29) is 12.3 Å². The molecule has 2 amide bonds. The van der Waals surface area contributed by atoms with Gasteiger partial charge < -0.3 is 15.7 Å². The molecule has 0 radical (unpaired) electrons. The molecule has 2 unspecified atom stereocenters. The topological polar surface area (TPSA) is 83.6 Å². The fraction of sp³-hybridized carbons (Fsp3) is 0.467. The van der Waals surface area contributed by atoms with Crippen LogP contribution in [0.2, 0.25) is 10.0 Å². The molecule has 2 rings (SSSR count). The average Bonchev–Trinajstić information content (AvgIpc) is 2.46. The quantitative estimate of drug-likeness (QED) is 0.878. The van der Waals surface area contributed by atoms with E-state index in [1.807, 2.05) is 0 Å². The molecule has 1 aromatic rings. The molecule has 1 aliphatic heterocycles. The maximum Gasteiger partial charge on any atom is 0.240 e. The van der Waals surface area contributed by atoms with Gasteiger partial charge in [0.2, 0.25) is 11.8 Å². The standard InChI is InChI=1S/C15H18Cl2N2O3/c16-10-5-9(6-11(17)7-10)13(20)8-14(21)19-4-2-1-3-12(19)15(18)22/h5-7,12-13,20H,1-4,8H2,(H2,18,22). The second kappa shape index (κ2) is 7.31. The van der Waals surface area contributed by atoms with E-state index >= 15 is 0 Å². The number of rotatable bonds is 4. The number of carbonyl (C=O) groups is 2. The van der Waals surface area contributed by atoms with Gasteiger partial charge >= 0.3 is 0 Å². The molecule has 0 aliphatic carbocycles. The van der Waals surface area contributed by atoms with Crippen LogP contribution in [-0.4, -0.2) is 34.4 Å². The van der Waals surface area contributed by atoms with E-state index in [2.05, 4.69) is 0 Å². The van der Waals surface area contributed by atoms with Crippen LogP contribution in [0.1, 0.15) is 37.4 Å². The number of benzene rings is 1. The maximum absolute atomic E-state index is 12.4. The van der Waals surface area contributed by atoms with Crippen molar-refractivity contribution in [2.75, 3.05) is 6.54 Å². The van der Waals surface area contributed by atoms with Gasteiger partial charge in [0.25, 0.3) is 0 Å². The number of piperidine rings is 1. The number of halogens is 2. The second-order valence-corrected chi connectivity index (χ2v) is 6.30. The van der Waals surface area contributed by atoms with Gasteiger partial charge in [-0.2, -0.15) is 0 Å². The summed E-state index contributed by atoms with van der Waals surface area (Å²) >= 11 is 11.8. The molecule has 7 heteroatoms. The second-order valence-electron chi connectivity index (χ2n) is 5.42. The molecule has 1 aromatic carbocycles. The van der Waals surface area contributed by atoms with Crippen molar-refractivity contribution >= 4 is 35.0 Å². The zero-order valence-electron chi connectivity index (χ0n) is 12.0. The number of nitrogens with zero attached hydrogens (tertiary/aromatic N) is 1. The molecule has 3 N–H and O–H groups in total. The van der Waals surface area contributed by atoms with Gasteiger partial charge in [0.05, 0.1) is 12.5 Å². The maximum atomic E-state index is 12.4. The van der Waals surface area contributed by atoms with Gasteiger partial charge in [0, 0.05) is 16.6 Å². The van der Waals surface area contributed by atoms with E-state index in [0.29, 0.717) is 28.6 Å². The van der Waals surface area contributed by atoms with Gasteiger partial charge in [-0.3, -0.25) is 9.59 Å². The van der Waals surface area contributed by atoms with Crippen LogP contribution in [0.25, 0.3) is 0 Å². The zero-order chi connectivity index (χ0) is 16.3. The number of amides is 2. The number of hydrogen-bond donors (Lipinski definition) is 2. The minimum atomic E-state index is -1.03. The first-order valence-corrected chi connectivity index (χ1v) is 7.87. The minimum absolute atomic E-state index is 0.138. The molecule has 1 aliphatic rings. The predicted octanol–water partition coefficient (Wildman–Crippen LogP) is 2.28. The van der Waals surface area contributed by atoms with E-state index < -0.39 is 18.1 Å². The SMILES string of the molecule is NC(=O)C1CCCCN1C(=O)CC(O)c1cc(Cl)cc(Cl)c1. The van der Waals surface area contributed by atoms with Gasteiger partial charge in [-0.1, -0.05) is 23.2 Å². The summed E-state index contributed by atoms with van der Waals surface area (Å²) in [5, 5.41) is 11.0. The van der Waals surface area contributed by atoms with Crippen LogP contribution in [0.5, 0.6) is 0 Å². The van der Waals surface area contributed by atoms with Crippen molar-refractivity contribution in [3.63, 3.8) is 0 Å². The zero-order valence-corrected chi connectivity index (χ0v) is 13.5. The van der Waals surface area contributed by atoms with Crippen molar-refractivity contribution in [3.05, 3.63) is 33.8 Å². The third-order valence-electron chi connectivity index (χ3n) is 3.79. The van der Waals surface area contributed by atoms with Crippen molar-refractivity contribution in [3.8, 4) is 0 Å². The van der Waals surface area contributed by atoms with Crippen molar-refractivity contribution in [1.82, 2.24) is 4.90 Å². The van der Waals surface area contributed by atoms with E-state index in [9.17, 15) is 14.7 Å². The number of hydrogen-bond acceptors (Lipinski definition) is 3. The molecule has 0 saturated carbocycles. The van der Waals surface area contributed by atoms with Crippen LogP contribution in [0, 0.1) is 0 Å². The molecular formula is C15H18Cl2N2O3. The molecule has 120 valence electrons. The number of carbonyl (C=O) groups excluding carboxylic acids is 2. The number of primary amides is 1. The summed E-state index contributed by atoms with van der Waals surface area (Å²) in [6.07, 6.45) is 1.10. The van der Waals surface area contributed by atoms with E-state index in [1.54, 1.807) is 18.2 Å². The third-order valence-corrected chi connectivity index (χ3v) is 4.23. The van der Waals surface area contributed by atoms with Crippen molar-refractivity contribution in [1.29, 1.82) is 0 Å². The van der Waals surface area contributed by atoms with Crippen LogP contribution in [0.15, 0.2) is 18.2 Å². The Morgan fingerprint density at radius 1 is 1.27 bits per heavy atom. The first kappa shape index (κ1) is 17.1. The van der Waals surface area contributed by atoms with E-state index in [0.717, 1.165) is 12.8 Å². The summed E-state index contributed by atoms with van der Waals surface area (Å²) in [5.41, 5.74) is 5.82. The highest BCUT2D eigenvalue weighted by Gasteiger charge is 2.31. The Bertz CT molecular complexity index is 560. The lowest BCUT2D eigenvalue weighted by Gasteiger charge is -2.34. The Hall–Kier alpha value is -1.30. The Kier molecular flexibility index (Phi) is 5.67. The molecule has 5 nitrogen and oxygen atoms in total. The summed E-state index contributed by atoms with van der Waals surface area (Å²) in [4.78, 5) is 25.3. The highest BCUT2D eigenvalue weighted by molar-refractivity contribution is 6.34. The molecule has 0 spiro atoms. The molecule has 0 bridgehead atoms. The van der Waals surface area contributed by atoms with Crippen molar-refractivity contribution < 1.29 is 14.7 Å². The summed E-state index contributed by atoms with van der Waals surface area (Å²) < 4.78 is 0. The number of aliphatic hydroxyl groups excluding tert-OH is 1. The van der Waals surface area contributed by atoms with Crippen LogP contribution >= 0.6 is 23.2 Å². The van der Waals surface area contributed by atoms with Crippen molar-refractivity contribution in [2.45, 2.75) is 37.8 Å². The Balaban J connectivity index is 2.08.